The molecule has 0 saturated carbocycles. The highest BCUT2D eigenvalue weighted by molar-refractivity contribution is 6.00. The minimum Gasteiger partial charge on any atom is -0.477 e. The highest BCUT2D eigenvalue weighted by Crippen LogP contribution is 2.46. The number of carbonyl (C=O) groups is 3. The van der Waals surface area contributed by atoms with Crippen molar-refractivity contribution in [1.82, 2.24) is 9.80 Å². The number of carbonyl (C=O) groups excluding carboxylic acids is 2. The SMILES string of the molecule is C=CCOC(=O)N1C(/C=C(\C)C2=C(C(=O)O)N3C(=O)[C@H]([C@@H](C)O)[C@H]3C2)CCC1CO. The number of hydrogen-bond donors (Lipinski definition) is 3. The van der Waals surface area contributed by atoms with Crippen molar-refractivity contribution >= 4 is 18.0 Å². The molecule has 0 aromatic rings. The number of ether oxygens (including phenoxy) is 1. The third kappa shape index (κ3) is 3.63. The molecule has 2 saturated heterocycles. The Hall–Kier alpha value is -2.65. The van der Waals surface area contributed by atoms with Gasteiger partial charge in [0.1, 0.15) is 12.3 Å². The van der Waals surface area contributed by atoms with Gasteiger partial charge in [0.2, 0.25) is 5.91 Å². The molecule has 0 aromatic heterocycles. The van der Waals surface area contributed by atoms with Crippen LogP contribution in [-0.2, 0) is 14.3 Å². The molecule has 3 heterocycles. The first kappa shape index (κ1) is 22.0. The summed E-state index contributed by atoms with van der Waals surface area (Å²) in [5.41, 5.74) is 1.12. The maximum atomic E-state index is 12.5. The normalized spacial score (nSPS) is 29.6. The molecule has 0 aliphatic carbocycles. The molecule has 0 radical (unpaired) electrons. The van der Waals surface area contributed by atoms with Crippen LogP contribution in [-0.4, -0.2) is 80.5 Å². The maximum absolute atomic E-state index is 12.5. The van der Waals surface area contributed by atoms with Crippen molar-refractivity contribution in [3.05, 3.63) is 35.6 Å². The van der Waals surface area contributed by atoms with E-state index in [1.165, 1.54) is 22.8 Å². The van der Waals surface area contributed by atoms with Crippen LogP contribution in [0.4, 0.5) is 4.79 Å². The number of aliphatic carboxylic acids is 1. The first-order valence-electron chi connectivity index (χ1n) is 10.1. The number of β-lactam (4-membered cyclic amide) rings is 1. The molecule has 9 heteroatoms. The van der Waals surface area contributed by atoms with Gasteiger partial charge in [-0.2, -0.15) is 0 Å². The van der Waals surface area contributed by atoms with Crippen LogP contribution in [0.3, 0.4) is 0 Å². The predicted octanol–water partition coefficient (Wildman–Crippen LogP) is 1.03. The Morgan fingerprint density at radius 3 is 2.63 bits per heavy atom. The molecule has 3 N–H and O–H groups in total. The molecule has 0 spiro atoms. The summed E-state index contributed by atoms with van der Waals surface area (Å²) in [5, 5.41) is 29.2. The lowest BCUT2D eigenvalue weighted by Gasteiger charge is -2.44. The van der Waals surface area contributed by atoms with Gasteiger partial charge in [0, 0.05) is 0 Å². The van der Waals surface area contributed by atoms with E-state index < -0.39 is 24.1 Å². The van der Waals surface area contributed by atoms with Crippen LogP contribution < -0.4 is 0 Å². The number of aliphatic hydroxyl groups is 2. The molecule has 0 bridgehead atoms. The number of nitrogens with zero attached hydrogens (tertiary/aromatic N) is 2. The number of rotatable bonds is 7. The largest absolute Gasteiger partial charge is 0.477 e. The molecule has 3 aliphatic rings. The van der Waals surface area contributed by atoms with Crippen molar-refractivity contribution in [2.45, 2.75) is 57.3 Å². The van der Waals surface area contributed by atoms with Crippen molar-refractivity contribution < 1.29 is 34.4 Å². The summed E-state index contributed by atoms with van der Waals surface area (Å²) in [6.07, 6.45) is 3.37. The Bertz CT molecular complexity index is 816. The Morgan fingerprint density at radius 2 is 2.07 bits per heavy atom. The topological polar surface area (TPSA) is 128 Å². The van der Waals surface area contributed by atoms with Crippen LogP contribution in [0.15, 0.2) is 35.6 Å². The zero-order valence-electron chi connectivity index (χ0n) is 17.2. The first-order chi connectivity index (χ1) is 14.2. The molecule has 2 fully saturated rings. The van der Waals surface area contributed by atoms with E-state index in [1.54, 1.807) is 13.0 Å². The van der Waals surface area contributed by atoms with Gasteiger partial charge in [-0.25, -0.2) is 9.59 Å². The van der Waals surface area contributed by atoms with Gasteiger partial charge >= 0.3 is 12.1 Å². The molecule has 2 amide bonds. The van der Waals surface area contributed by atoms with Gasteiger partial charge < -0.3 is 25.0 Å². The third-order valence-electron chi connectivity index (χ3n) is 6.14. The summed E-state index contributed by atoms with van der Waals surface area (Å²) in [7, 11) is 0. The molecule has 3 aliphatic heterocycles. The van der Waals surface area contributed by atoms with Crippen molar-refractivity contribution in [1.29, 1.82) is 0 Å². The van der Waals surface area contributed by atoms with E-state index in [0.717, 1.165) is 0 Å². The van der Waals surface area contributed by atoms with E-state index >= 15 is 0 Å². The highest BCUT2D eigenvalue weighted by atomic mass is 16.6. The van der Waals surface area contributed by atoms with E-state index in [-0.39, 0.29) is 42.9 Å². The number of hydrogen-bond acceptors (Lipinski definition) is 6. The van der Waals surface area contributed by atoms with E-state index in [9.17, 15) is 29.7 Å². The Morgan fingerprint density at radius 1 is 1.37 bits per heavy atom. The molecule has 9 nitrogen and oxygen atoms in total. The fourth-order valence-electron chi connectivity index (χ4n) is 4.75. The van der Waals surface area contributed by atoms with Gasteiger partial charge in [0.05, 0.1) is 36.8 Å². The Labute approximate surface area is 174 Å². The molecule has 5 atom stereocenters. The van der Waals surface area contributed by atoms with E-state index in [0.29, 0.717) is 30.4 Å². The smallest absolute Gasteiger partial charge is 0.410 e. The molecule has 0 aromatic carbocycles. The van der Waals surface area contributed by atoms with E-state index in [1.807, 2.05) is 0 Å². The fraction of sp³-hybridized carbons (Fsp3) is 0.571. The van der Waals surface area contributed by atoms with Crippen LogP contribution in [0.5, 0.6) is 0 Å². The van der Waals surface area contributed by atoms with E-state index in [2.05, 4.69) is 6.58 Å². The van der Waals surface area contributed by atoms with Crippen molar-refractivity contribution in [2.75, 3.05) is 13.2 Å². The van der Waals surface area contributed by atoms with Crippen LogP contribution in [0.1, 0.15) is 33.1 Å². The molecular weight excluding hydrogens is 392 g/mol. The van der Waals surface area contributed by atoms with Gasteiger partial charge in [-0.05, 0) is 44.3 Å². The molecule has 3 rings (SSSR count). The van der Waals surface area contributed by atoms with Crippen molar-refractivity contribution in [3.8, 4) is 0 Å². The van der Waals surface area contributed by atoms with E-state index in [4.69, 9.17) is 4.74 Å². The Kier molecular flexibility index (Phi) is 6.33. The summed E-state index contributed by atoms with van der Waals surface area (Å²) in [6.45, 7) is 6.66. The molecule has 164 valence electrons. The van der Waals surface area contributed by atoms with Crippen molar-refractivity contribution in [2.24, 2.45) is 5.92 Å². The monoisotopic (exact) mass is 420 g/mol. The second-order valence-electron chi connectivity index (χ2n) is 7.98. The first-order valence-corrected chi connectivity index (χ1v) is 10.1. The quantitative estimate of drug-likeness (QED) is 0.415. The summed E-state index contributed by atoms with van der Waals surface area (Å²) >= 11 is 0. The minimum atomic E-state index is -1.19. The lowest BCUT2D eigenvalue weighted by molar-refractivity contribution is -0.161. The lowest BCUT2D eigenvalue weighted by atomic mass is 9.82. The summed E-state index contributed by atoms with van der Waals surface area (Å²) < 4.78 is 5.14. The average molecular weight is 420 g/mol. The standard InChI is InChI=1S/C21H28N2O7/c1-4-7-30-21(29)22-13(5-6-14(22)10-24)8-11(2)15-9-16-17(12(3)25)19(26)23(16)18(15)20(27)28/h4,8,12-14,16-17,24-25H,1,5-7,9-10H2,2-3H3,(H,27,28)/b11-8+/t12-,13?,14?,16-,17-/m1/s1. The van der Waals surface area contributed by atoms with Crippen molar-refractivity contribution in [3.63, 3.8) is 0 Å². The fourth-order valence-corrected chi connectivity index (χ4v) is 4.75. The molecule has 30 heavy (non-hydrogen) atoms. The number of amides is 2. The third-order valence-corrected chi connectivity index (χ3v) is 6.14. The van der Waals surface area contributed by atoms with Crippen LogP contribution in [0.2, 0.25) is 0 Å². The highest BCUT2D eigenvalue weighted by Gasteiger charge is 2.56. The molecule has 2 unspecified atom stereocenters. The number of allylic oxidation sites excluding steroid dienone is 1. The minimum absolute atomic E-state index is 0.0523. The lowest BCUT2D eigenvalue weighted by Crippen LogP contribution is -2.61. The van der Waals surface area contributed by atoms with Gasteiger partial charge in [-0.3, -0.25) is 9.69 Å². The predicted molar refractivity (Wildman–Crippen MR) is 106 cm³/mol. The second kappa shape index (κ2) is 8.61. The van der Waals surface area contributed by atoms with Gasteiger partial charge in [-0.1, -0.05) is 18.7 Å². The average Bonchev–Trinajstić information content (AvgIpc) is 3.24. The summed E-state index contributed by atoms with van der Waals surface area (Å²) in [4.78, 5) is 39.5. The summed E-state index contributed by atoms with van der Waals surface area (Å²) in [6, 6.07) is -1.11. The van der Waals surface area contributed by atoms with Crippen LogP contribution >= 0.6 is 0 Å². The zero-order chi connectivity index (χ0) is 22.2. The number of carboxylic acid groups (broad SMARTS) is 1. The van der Waals surface area contributed by atoms with Gasteiger partial charge in [0.25, 0.3) is 0 Å². The number of likely N-dealkylation sites (tertiary alicyclic amines) is 1. The summed E-state index contributed by atoms with van der Waals surface area (Å²) in [5.74, 6) is -2.19. The second-order valence-corrected chi connectivity index (χ2v) is 7.98. The number of carboxylic acids is 1. The van der Waals surface area contributed by atoms with Gasteiger partial charge in [-0.15, -0.1) is 0 Å². The number of fused-ring (bicyclic) bond motifs is 1. The number of aliphatic hydroxyl groups excluding tert-OH is 2. The van der Waals surface area contributed by atoms with Crippen LogP contribution in [0, 0.1) is 5.92 Å². The maximum Gasteiger partial charge on any atom is 0.410 e. The zero-order valence-corrected chi connectivity index (χ0v) is 17.2. The Balaban J connectivity index is 1.88. The molecular formula is C21H28N2O7. The van der Waals surface area contributed by atoms with Crippen LogP contribution in [0.25, 0.3) is 0 Å². The van der Waals surface area contributed by atoms with Gasteiger partial charge in [0.15, 0.2) is 0 Å².